The van der Waals surface area contributed by atoms with Crippen molar-refractivity contribution in [3.8, 4) is 103 Å². The Hall–Kier alpha value is -18.1. The minimum absolute atomic E-state index is 0.0695. The second-order valence-electron chi connectivity index (χ2n) is 30.7. The van der Waals surface area contributed by atoms with Crippen molar-refractivity contribution >= 4 is 87.2 Å². The van der Waals surface area contributed by atoms with Crippen molar-refractivity contribution in [1.82, 2.24) is 0 Å². The number of sulfone groups is 4. The topological polar surface area (TPSA) is 392 Å². The normalized spacial score (nSPS) is 13.3. The number of halogens is 18. The van der Waals surface area contributed by atoms with Crippen molar-refractivity contribution in [2.24, 2.45) is 0 Å². The van der Waals surface area contributed by atoms with E-state index in [4.69, 9.17) is 39.4 Å². The monoisotopic (exact) mass is 2020 g/mol. The summed E-state index contributed by atoms with van der Waals surface area (Å²) in [5.74, 6) is -21.9. The standard InChI is InChI=1S/C32H10F10N4O4S2.C32H16F4N4O4S2.C30H10F4N6O4/c1-45-30(46-2)16-5-20-21(6-16)27(15-9-24(35)29(25(36)10-15)52(49,50)32(40,41)42)19-4-13(17(11-43)12-44)3-18(19)26(20)14-7-22(33)28(23(34)8-14)51(47,48)31(37,38)39;1-39-32(40-2)18-7-22-23(8-18)29(17-11-26(35)31(27(36)12-17)46(4,43)44)21-6-15(19(13-37)14-38)5-20(21)28(22)16-9-24(33)30(25(34)10-16)45(3,41)42;1-37-30(38-2)16-5-20-21(6-16)27(15-9-24(33)29(40(43)44)25(34)10-15)19-4-13(17(11-35)12-36)3-18(19)26(20)14-7-22(31)28(39(41)42)23(32)8-14/h3,6-10H,4-5H2;5,8-12H,6-7H2,3-4H3;3,6-10H,4-5H2. The van der Waals surface area contributed by atoms with E-state index in [-0.39, 0.29) is 227 Å². The fourth-order valence-corrected chi connectivity index (χ4v) is 20.6. The van der Waals surface area contributed by atoms with Crippen LogP contribution in [-0.2, 0) is 77.9 Å². The molecule has 6 aliphatic rings. The molecule has 704 valence electrons. The molecule has 0 saturated heterocycles. The number of alkyl halides is 6. The number of allylic oxidation sites excluding steroid dienone is 9. The molecule has 0 spiro atoms. The molecule has 26 nitrogen and oxygen atoms in total. The Kier molecular flexibility index (Phi) is 26.4. The van der Waals surface area contributed by atoms with Crippen LogP contribution in [0.5, 0.6) is 0 Å². The Bertz CT molecular complexity index is 8540. The molecule has 6 aliphatic carbocycles. The second kappa shape index (κ2) is 37.1. The Labute approximate surface area is 785 Å². The molecule has 9 aromatic carbocycles. The van der Waals surface area contributed by atoms with Crippen molar-refractivity contribution in [3.05, 3.63) is 364 Å². The fourth-order valence-electron chi connectivity index (χ4n) is 17.2. The molecular weight excluding hydrogens is 1990 g/mol. The van der Waals surface area contributed by atoms with Crippen LogP contribution in [0.15, 0.2) is 160 Å². The van der Waals surface area contributed by atoms with E-state index >= 15 is 35.1 Å². The summed E-state index contributed by atoms with van der Waals surface area (Å²) in [7, 11) is -21.9. The van der Waals surface area contributed by atoms with Crippen LogP contribution in [-0.4, -0.2) is 67.0 Å². The lowest BCUT2D eigenvalue weighted by molar-refractivity contribution is -0.390. The second-order valence-corrected chi connectivity index (χ2v) is 38.4. The molecule has 0 atom stereocenters. The van der Waals surface area contributed by atoms with Crippen LogP contribution < -0.4 is 31.3 Å². The predicted molar refractivity (Wildman–Crippen MR) is 460 cm³/mol. The third-order valence-electron chi connectivity index (χ3n) is 22.6. The molecule has 0 bridgehead atoms. The highest BCUT2D eigenvalue weighted by Gasteiger charge is 2.52. The van der Waals surface area contributed by atoms with Crippen LogP contribution in [0.1, 0.15) is 33.4 Å². The lowest BCUT2D eigenvalue weighted by atomic mass is 9.87. The molecule has 142 heavy (non-hydrogen) atoms. The highest BCUT2D eigenvalue weighted by atomic mass is 32.2. The molecular formula is C94H36F18N14O12S4. The maximum atomic E-state index is 15.3. The van der Waals surface area contributed by atoms with Gasteiger partial charge in [-0.15, -0.1) is 0 Å². The number of rotatable bonds is 12. The van der Waals surface area contributed by atoms with E-state index in [0.717, 1.165) is 36.4 Å². The largest absolute Gasteiger partial charge is 0.522 e. The first-order valence-electron chi connectivity index (χ1n) is 38.6. The summed E-state index contributed by atoms with van der Waals surface area (Å²) in [6.45, 7) is 44.4. The molecule has 15 rings (SSSR count). The predicted octanol–water partition coefficient (Wildman–Crippen LogP) is 16.1. The third kappa shape index (κ3) is 17.4. The summed E-state index contributed by atoms with van der Waals surface area (Å²) in [6, 6.07) is 17.0. The van der Waals surface area contributed by atoms with Gasteiger partial charge in [-0.2, -0.15) is 105 Å². The lowest BCUT2D eigenvalue weighted by Crippen LogP contribution is -2.26. The highest BCUT2D eigenvalue weighted by Crippen LogP contribution is 2.46. The van der Waals surface area contributed by atoms with Crippen LogP contribution in [0.25, 0.3) is 132 Å². The number of nitrogens with zero attached hydrogens (tertiary/aromatic N) is 14. The molecule has 0 amide bonds. The van der Waals surface area contributed by atoms with Gasteiger partial charge in [-0.1, -0.05) is 18.2 Å². The Morgan fingerprint density at radius 2 is 0.451 bits per heavy atom. The average molecular weight is 2020 g/mol. The molecule has 0 N–H and O–H groups in total. The molecule has 9 aromatic rings. The van der Waals surface area contributed by atoms with Crippen LogP contribution in [0.3, 0.4) is 0 Å². The summed E-state index contributed by atoms with van der Waals surface area (Å²) in [4.78, 5) is 31.9. The SMILES string of the molecule is [C-]#[N+]C([N+]#[C-])=C1C=c2c(c(-c3cc(F)c(S(=O)(=O)C(F)(F)F)c(F)c3)c3c(c2-c2cc(F)c(S(=O)(=O)C(F)(F)F)c(F)c2)CC(=C(C#N)C#N)C=3)C1.[C-]#[N+]C([N+]#[C-])=C1C=c2c(c(-c3cc(F)c(S(C)(=O)=O)c(F)c3)c3c(c2-c2cc(F)c(S(C)(=O)=O)c(F)c2)CC(=C(C#N)C#N)C=3)C1.[C-]#[N+]C([N+]#[C-])=C1C=c2c(c(-c3cc(F)c([N+](=O)[O-])c(F)c3)c3c(c2-c2cc(F)c([N+](=O)[O-])c(F)c2)CC(=C(C#N)C#N)C=3)C1. The molecule has 0 aliphatic heterocycles. The van der Waals surface area contributed by atoms with Crippen LogP contribution in [0.2, 0.25) is 0 Å². The van der Waals surface area contributed by atoms with E-state index in [0.29, 0.717) is 36.8 Å². The van der Waals surface area contributed by atoms with Gasteiger partial charge in [0.15, 0.2) is 19.7 Å². The average Bonchev–Trinajstić information content (AvgIpc) is 1.56. The van der Waals surface area contributed by atoms with E-state index < -0.39 is 196 Å². The summed E-state index contributed by atoms with van der Waals surface area (Å²) in [5, 5.41) is 79.9. The van der Waals surface area contributed by atoms with Crippen molar-refractivity contribution in [2.45, 2.75) is 69.1 Å². The number of nitro benzene ring substituents is 2. The van der Waals surface area contributed by atoms with Crippen molar-refractivity contribution in [3.63, 3.8) is 0 Å². The van der Waals surface area contributed by atoms with Gasteiger partial charge in [-0.25, -0.2) is 68.8 Å². The zero-order chi connectivity index (χ0) is 105. The van der Waals surface area contributed by atoms with Crippen LogP contribution in [0, 0.1) is 197 Å². The van der Waals surface area contributed by atoms with Gasteiger partial charge in [0.25, 0.3) is 19.7 Å². The van der Waals surface area contributed by atoms with Gasteiger partial charge in [-0.05, 0) is 258 Å². The van der Waals surface area contributed by atoms with Crippen molar-refractivity contribution in [1.29, 1.82) is 31.6 Å². The first-order chi connectivity index (χ1) is 66.5. The van der Waals surface area contributed by atoms with Gasteiger partial charge in [0.05, 0.1) is 26.6 Å². The van der Waals surface area contributed by atoms with Crippen LogP contribution in [0.4, 0.5) is 90.4 Å². The number of hydrogen-bond donors (Lipinski definition) is 0. The third-order valence-corrected chi connectivity index (χ3v) is 28.0. The first kappa shape index (κ1) is 101. The van der Waals surface area contributed by atoms with Crippen molar-refractivity contribution < 1.29 is 123 Å². The number of nitro groups is 2. The van der Waals surface area contributed by atoms with Gasteiger partial charge < -0.3 is 0 Å². The molecule has 0 fully saturated rings. The van der Waals surface area contributed by atoms with E-state index in [1.165, 1.54) is 24.3 Å². The fraction of sp³-hybridized carbons (Fsp3) is 0.106. The lowest BCUT2D eigenvalue weighted by Gasteiger charge is -2.18. The van der Waals surface area contributed by atoms with E-state index in [1.807, 2.05) is 0 Å². The molecule has 48 heteroatoms. The van der Waals surface area contributed by atoms with Gasteiger partial charge in [0, 0.05) is 31.8 Å². The van der Waals surface area contributed by atoms with Crippen LogP contribution >= 0.6 is 0 Å². The maximum Gasteiger partial charge on any atom is 0.522 e. The Balaban J connectivity index is 0.000000180. The minimum Gasteiger partial charge on any atom is -0.258 e. The first-order valence-corrected chi connectivity index (χ1v) is 45.4. The smallest absolute Gasteiger partial charge is 0.258 e. The molecule has 0 radical (unpaired) electrons. The van der Waals surface area contributed by atoms with Gasteiger partial charge >= 0.3 is 39.9 Å². The summed E-state index contributed by atoms with van der Waals surface area (Å²) in [5.41, 5.74) is -17.8. The van der Waals surface area contributed by atoms with E-state index in [1.54, 1.807) is 36.4 Å². The van der Waals surface area contributed by atoms with Gasteiger partial charge in [0.1, 0.15) is 159 Å². The van der Waals surface area contributed by atoms with Gasteiger partial charge in [0.2, 0.25) is 23.3 Å². The van der Waals surface area contributed by atoms with Crippen molar-refractivity contribution in [2.75, 3.05) is 12.5 Å². The van der Waals surface area contributed by atoms with E-state index in [9.17, 15) is 129 Å². The summed E-state index contributed by atoms with van der Waals surface area (Å²) < 4.78 is 357. The zero-order valence-electron chi connectivity index (χ0n) is 70.2. The Morgan fingerprint density at radius 1 is 0.296 bits per heavy atom. The summed E-state index contributed by atoms with van der Waals surface area (Å²) >= 11 is 0. The molecule has 0 unspecified atom stereocenters. The molecule has 0 aromatic heterocycles. The minimum atomic E-state index is -6.59. The highest BCUT2D eigenvalue weighted by molar-refractivity contribution is 7.92. The van der Waals surface area contributed by atoms with E-state index in [2.05, 4.69) is 29.1 Å². The molecule has 0 heterocycles. The number of fused-ring (bicyclic) bond motifs is 6. The number of hydrogen-bond acceptors (Lipinski definition) is 18. The number of nitriles is 6. The summed E-state index contributed by atoms with van der Waals surface area (Å²) in [6.07, 6.45) is 7.14. The number of benzene rings is 9. The quantitative estimate of drug-likeness (QED) is 0.0360. The Morgan fingerprint density at radius 3 is 0.599 bits per heavy atom. The van der Waals surface area contributed by atoms with Gasteiger partial charge in [-0.3, -0.25) is 20.2 Å². The zero-order valence-corrected chi connectivity index (χ0v) is 73.5. The maximum absolute atomic E-state index is 15.3. The molecule has 0 saturated carbocycles.